The first-order valence-corrected chi connectivity index (χ1v) is 7.43. The van der Waals surface area contributed by atoms with Gasteiger partial charge in [-0.3, -0.25) is 4.79 Å². The molecule has 1 fully saturated rings. The SMILES string of the molecule is CC[C@@H]1CCCCN1C(=O)c1c(C)cc(C)cc1C. The maximum absolute atomic E-state index is 12.8. The molecule has 1 aliphatic rings. The van der Waals surface area contributed by atoms with Crippen LogP contribution in [0.1, 0.15) is 59.7 Å². The number of carbonyl (C=O) groups is 1. The summed E-state index contributed by atoms with van der Waals surface area (Å²) >= 11 is 0. The summed E-state index contributed by atoms with van der Waals surface area (Å²) in [6.07, 6.45) is 4.63. The fraction of sp³-hybridized carbons (Fsp3) is 0.588. The normalized spacial score (nSPS) is 19.6. The molecule has 1 aromatic rings. The first-order chi connectivity index (χ1) is 9.04. The minimum Gasteiger partial charge on any atom is -0.336 e. The van der Waals surface area contributed by atoms with E-state index in [4.69, 9.17) is 0 Å². The number of piperidine rings is 1. The molecule has 2 rings (SSSR count). The second-order valence-corrected chi connectivity index (χ2v) is 5.83. The predicted octanol–water partition coefficient (Wildman–Crippen LogP) is 4.02. The van der Waals surface area contributed by atoms with Gasteiger partial charge < -0.3 is 4.90 Å². The van der Waals surface area contributed by atoms with E-state index in [1.807, 2.05) is 0 Å². The second kappa shape index (κ2) is 5.77. The fourth-order valence-electron chi connectivity index (χ4n) is 3.35. The molecular weight excluding hydrogens is 234 g/mol. The van der Waals surface area contributed by atoms with Gasteiger partial charge in [0.15, 0.2) is 0 Å². The summed E-state index contributed by atoms with van der Waals surface area (Å²) in [7, 11) is 0. The Labute approximate surface area is 116 Å². The van der Waals surface area contributed by atoms with Gasteiger partial charge in [-0.1, -0.05) is 24.6 Å². The summed E-state index contributed by atoms with van der Waals surface area (Å²) in [5, 5.41) is 0. The van der Waals surface area contributed by atoms with Crippen LogP contribution >= 0.6 is 0 Å². The van der Waals surface area contributed by atoms with E-state index in [-0.39, 0.29) is 5.91 Å². The van der Waals surface area contributed by atoms with E-state index in [0.717, 1.165) is 42.5 Å². The molecule has 1 amide bonds. The highest BCUT2D eigenvalue weighted by Gasteiger charge is 2.27. The van der Waals surface area contributed by atoms with Crippen molar-refractivity contribution in [2.45, 2.75) is 59.4 Å². The van der Waals surface area contributed by atoms with E-state index in [2.05, 4.69) is 44.7 Å². The Hall–Kier alpha value is -1.31. The van der Waals surface area contributed by atoms with Crippen molar-refractivity contribution >= 4 is 5.91 Å². The van der Waals surface area contributed by atoms with Crippen LogP contribution in [0.25, 0.3) is 0 Å². The highest BCUT2D eigenvalue weighted by atomic mass is 16.2. The Morgan fingerprint density at radius 2 is 1.84 bits per heavy atom. The molecule has 0 N–H and O–H groups in total. The average molecular weight is 259 g/mol. The quantitative estimate of drug-likeness (QED) is 0.785. The lowest BCUT2D eigenvalue weighted by molar-refractivity contribution is 0.0606. The number of hydrogen-bond acceptors (Lipinski definition) is 1. The zero-order valence-corrected chi connectivity index (χ0v) is 12.6. The van der Waals surface area contributed by atoms with Crippen LogP contribution in [0.5, 0.6) is 0 Å². The van der Waals surface area contributed by atoms with Gasteiger partial charge >= 0.3 is 0 Å². The zero-order chi connectivity index (χ0) is 14.0. The summed E-state index contributed by atoms with van der Waals surface area (Å²) in [5.41, 5.74) is 4.38. The van der Waals surface area contributed by atoms with Gasteiger partial charge in [-0.2, -0.15) is 0 Å². The van der Waals surface area contributed by atoms with Crippen LogP contribution in [0.2, 0.25) is 0 Å². The molecule has 2 heteroatoms. The molecular formula is C17H25NO. The molecule has 0 radical (unpaired) electrons. The van der Waals surface area contributed by atoms with Gasteiger partial charge in [0.1, 0.15) is 0 Å². The van der Waals surface area contributed by atoms with Gasteiger partial charge in [0.25, 0.3) is 5.91 Å². The smallest absolute Gasteiger partial charge is 0.254 e. The molecule has 1 saturated heterocycles. The number of rotatable bonds is 2. The topological polar surface area (TPSA) is 20.3 Å². The second-order valence-electron chi connectivity index (χ2n) is 5.83. The molecule has 0 saturated carbocycles. The van der Waals surface area contributed by atoms with E-state index >= 15 is 0 Å². The van der Waals surface area contributed by atoms with Crippen molar-refractivity contribution in [1.82, 2.24) is 4.90 Å². The average Bonchev–Trinajstić information content (AvgIpc) is 2.37. The first-order valence-electron chi connectivity index (χ1n) is 7.43. The number of carbonyl (C=O) groups excluding carboxylic acids is 1. The number of benzene rings is 1. The summed E-state index contributed by atoms with van der Waals surface area (Å²) in [4.78, 5) is 15.0. The van der Waals surface area contributed by atoms with Crippen LogP contribution < -0.4 is 0 Å². The van der Waals surface area contributed by atoms with Gasteiger partial charge in [0, 0.05) is 18.2 Å². The molecule has 104 valence electrons. The van der Waals surface area contributed by atoms with Crippen molar-refractivity contribution in [3.63, 3.8) is 0 Å². The van der Waals surface area contributed by atoms with E-state index in [0.29, 0.717) is 6.04 Å². The minimum absolute atomic E-state index is 0.238. The molecule has 1 heterocycles. The van der Waals surface area contributed by atoms with Crippen molar-refractivity contribution in [3.8, 4) is 0 Å². The Bertz CT molecular complexity index is 455. The summed E-state index contributed by atoms with van der Waals surface area (Å²) < 4.78 is 0. The molecule has 1 atom stereocenters. The van der Waals surface area contributed by atoms with Crippen molar-refractivity contribution < 1.29 is 4.79 Å². The molecule has 1 aromatic carbocycles. The van der Waals surface area contributed by atoms with Crippen LogP contribution in [0, 0.1) is 20.8 Å². The molecule has 0 aromatic heterocycles. The third kappa shape index (κ3) is 2.83. The van der Waals surface area contributed by atoms with Gasteiger partial charge in [-0.25, -0.2) is 0 Å². The van der Waals surface area contributed by atoms with Gasteiger partial charge in [-0.05, 0) is 57.6 Å². The fourth-order valence-corrected chi connectivity index (χ4v) is 3.35. The molecule has 19 heavy (non-hydrogen) atoms. The van der Waals surface area contributed by atoms with Crippen molar-refractivity contribution in [3.05, 3.63) is 34.4 Å². The standard InChI is InChI=1S/C17H25NO/c1-5-15-8-6-7-9-18(15)17(19)16-13(3)10-12(2)11-14(16)4/h10-11,15H,5-9H2,1-4H3/t15-/m1/s1. The molecule has 0 spiro atoms. The number of aryl methyl sites for hydroxylation is 3. The van der Waals surface area contributed by atoms with Gasteiger partial charge in [0.05, 0.1) is 0 Å². The van der Waals surface area contributed by atoms with Gasteiger partial charge in [-0.15, -0.1) is 0 Å². The number of amides is 1. The highest BCUT2D eigenvalue weighted by molar-refractivity contribution is 5.97. The molecule has 2 nitrogen and oxygen atoms in total. The Balaban J connectivity index is 2.33. The van der Waals surface area contributed by atoms with E-state index < -0.39 is 0 Å². The van der Waals surface area contributed by atoms with Crippen LogP contribution in [0.4, 0.5) is 0 Å². The third-order valence-corrected chi connectivity index (χ3v) is 4.25. The van der Waals surface area contributed by atoms with Crippen LogP contribution in [-0.2, 0) is 0 Å². The lowest BCUT2D eigenvalue weighted by Crippen LogP contribution is -2.43. The van der Waals surface area contributed by atoms with Crippen LogP contribution in [0.3, 0.4) is 0 Å². The van der Waals surface area contributed by atoms with E-state index in [9.17, 15) is 4.79 Å². The number of likely N-dealkylation sites (tertiary alicyclic amines) is 1. The number of hydrogen-bond donors (Lipinski definition) is 0. The maximum Gasteiger partial charge on any atom is 0.254 e. The van der Waals surface area contributed by atoms with Crippen LogP contribution in [-0.4, -0.2) is 23.4 Å². The van der Waals surface area contributed by atoms with Crippen molar-refractivity contribution in [2.75, 3.05) is 6.54 Å². The maximum atomic E-state index is 12.8. The monoisotopic (exact) mass is 259 g/mol. The minimum atomic E-state index is 0.238. The Morgan fingerprint density at radius 1 is 1.21 bits per heavy atom. The lowest BCUT2D eigenvalue weighted by atomic mass is 9.95. The molecule has 0 bridgehead atoms. The number of nitrogens with zero attached hydrogens (tertiary/aromatic N) is 1. The van der Waals surface area contributed by atoms with Crippen molar-refractivity contribution in [1.29, 1.82) is 0 Å². The summed E-state index contributed by atoms with van der Waals surface area (Å²) in [6, 6.07) is 4.66. The van der Waals surface area contributed by atoms with Crippen LogP contribution in [0.15, 0.2) is 12.1 Å². The van der Waals surface area contributed by atoms with E-state index in [1.54, 1.807) is 0 Å². The van der Waals surface area contributed by atoms with Crippen molar-refractivity contribution in [2.24, 2.45) is 0 Å². The Kier molecular flexibility index (Phi) is 4.28. The summed E-state index contributed by atoms with van der Waals surface area (Å²) in [5.74, 6) is 0.238. The van der Waals surface area contributed by atoms with E-state index in [1.165, 1.54) is 12.0 Å². The summed E-state index contributed by atoms with van der Waals surface area (Å²) in [6.45, 7) is 9.30. The largest absolute Gasteiger partial charge is 0.336 e. The zero-order valence-electron chi connectivity index (χ0n) is 12.6. The predicted molar refractivity (Wildman–Crippen MR) is 79.6 cm³/mol. The molecule has 1 aliphatic heterocycles. The first kappa shape index (κ1) is 14.1. The molecule has 0 aliphatic carbocycles. The third-order valence-electron chi connectivity index (χ3n) is 4.25. The lowest BCUT2D eigenvalue weighted by Gasteiger charge is -2.36. The highest BCUT2D eigenvalue weighted by Crippen LogP contribution is 2.25. The molecule has 0 unspecified atom stereocenters. The van der Waals surface area contributed by atoms with Gasteiger partial charge in [0.2, 0.25) is 0 Å². The Morgan fingerprint density at radius 3 is 2.42 bits per heavy atom.